The van der Waals surface area contributed by atoms with Crippen molar-refractivity contribution >= 4 is 10.0 Å². The molecule has 0 N–H and O–H groups in total. The zero-order chi connectivity index (χ0) is 15.8. The molecule has 7 heteroatoms. The molecular weight excluding hydrogens is 309 g/mol. The van der Waals surface area contributed by atoms with E-state index < -0.39 is 21.4 Å². The molecule has 0 bridgehead atoms. The second-order valence-electron chi connectivity index (χ2n) is 5.83. The fourth-order valence-corrected chi connectivity index (χ4v) is 4.74. The Kier molecular flexibility index (Phi) is 4.24. The molecule has 2 saturated heterocycles. The average molecular weight is 329 g/mol. The van der Waals surface area contributed by atoms with Crippen LogP contribution in [0.1, 0.15) is 19.8 Å². The maximum atomic E-state index is 13.2. The molecule has 3 rings (SSSR count). The van der Waals surface area contributed by atoms with Crippen molar-refractivity contribution < 1.29 is 22.3 Å². The summed E-state index contributed by atoms with van der Waals surface area (Å²) in [6.07, 6.45) is 1.67. The van der Waals surface area contributed by atoms with Gasteiger partial charge in [-0.05, 0) is 31.5 Å². The van der Waals surface area contributed by atoms with E-state index in [-0.39, 0.29) is 11.0 Å². The van der Waals surface area contributed by atoms with E-state index in [0.29, 0.717) is 32.7 Å². The van der Waals surface area contributed by atoms with Gasteiger partial charge >= 0.3 is 0 Å². The molecule has 0 aromatic heterocycles. The van der Waals surface area contributed by atoms with Crippen molar-refractivity contribution in [2.24, 2.45) is 0 Å². The summed E-state index contributed by atoms with van der Waals surface area (Å²) in [5.74, 6) is -0.554. The van der Waals surface area contributed by atoms with E-state index in [1.165, 1.54) is 22.5 Å². The summed E-state index contributed by atoms with van der Waals surface area (Å²) in [4.78, 5) is -0.0143. The molecule has 0 amide bonds. The third-order valence-electron chi connectivity index (χ3n) is 4.21. The molecule has 5 nitrogen and oxygen atoms in total. The lowest BCUT2D eigenvalue weighted by Gasteiger charge is -2.52. The van der Waals surface area contributed by atoms with Crippen LogP contribution in [0, 0.1) is 5.82 Å². The average Bonchev–Trinajstić information content (AvgIpc) is 2.45. The molecular formula is C15H20FNO4S. The van der Waals surface area contributed by atoms with Gasteiger partial charge in [0.1, 0.15) is 5.82 Å². The van der Waals surface area contributed by atoms with Gasteiger partial charge in [0.25, 0.3) is 0 Å². The molecule has 1 atom stereocenters. The molecule has 1 aromatic carbocycles. The van der Waals surface area contributed by atoms with Crippen molar-refractivity contribution in [1.29, 1.82) is 0 Å². The molecule has 0 saturated carbocycles. The zero-order valence-corrected chi connectivity index (χ0v) is 13.3. The van der Waals surface area contributed by atoms with Gasteiger partial charge in [-0.15, -0.1) is 0 Å². The van der Waals surface area contributed by atoms with Gasteiger partial charge in [-0.25, -0.2) is 12.8 Å². The van der Waals surface area contributed by atoms with Gasteiger partial charge in [-0.1, -0.05) is 6.07 Å². The summed E-state index contributed by atoms with van der Waals surface area (Å²) >= 11 is 0. The number of benzene rings is 1. The lowest BCUT2D eigenvalue weighted by molar-refractivity contribution is -0.177. The predicted octanol–water partition coefficient (Wildman–Crippen LogP) is 1.78. The number of rotatable bonds is 4. The number of sulfonamides is 1. The number of hydrogen-bond donors (Lipinski definition) is 0. The van der Waals surface area contributed by atoms with Gasteiger partial charge in [0.05, 0.1) is 16.6 Å². The molecule has 1 aromatic rings. The van der Waals surface area contributed by atoms with Crippen molar-refractivity contribution in [2.45, 2.75) is 36.4 Å². The van der Waals surface area contributed by atoms with Crippen LogP contribution < -0.4 is 0 Å². The second-order valence-corrected chi connectivity index (χ2v) is 7.77. The maximum absolute atomic E-state index is 13.2. The Labute approximate surface area is 130 Å². The lowest BCUT2D eigenvalue weighted by Crippen LogP contribution is -2.67. The first-order valence-electron chi connectivity index (χ1n) is 7.46. The van der Waals surface area contributed by atoms with Crippen LogP contribution in [0.5, 0.6) is 0 Å². The molecule has 0 unspecified atom stereocenters. The fraction of sp³-hybridized carbons (Fsp3) is 0.600. The number of hydrogen-bond acceptors (Lipinski definition) is 4. The Hall–Kier alpha value is -1.02. The van der Waals surface area contributed by atoms with E-state index in [2.05, 4.69) is 0 Å². The van der Waals surface area contributed by atoms with Crippen LogP contribution in [0.2, 0.25) is 0 Å². The van der Waals surface area contributed by atoms with E-state index in [1.54, 1.807) is 0 Å². The van der Waals surface area contributed by atoms with Crippen LogP contribution in [0.15, 0.2) is 29.2 Å². The van der Waals surface area contributed by atoms with Gasteiger partial charge in [-0.3, -0.25) is 0 Å². The number of ether oxygens (including phenoxy) is 2. The van der Waals surface area contributed by atoms with Crippen LogP contribution in [0.3, 0.4) is 0 Å². The van der Waals surface area contributed by atoms with Crippen molar-refractivity contribution in [2.75, 3.05) is 26.3 Å². The van der Waals surface area contributed by atoms with E-state index in [4.69, 9.17) is 9.47 Å². The predicted molar refractivity (Wildman–Crippen MR) is 78.5 cm³/mol. The van der Waals surface area contributed by atoms with E-state index in [1.807, 2.05) is 6.92 Å². The Balaban J connectivity index is 1.70. The Morgan fingerprint density at radius 3 is 2.91 bits per heavy atom. The van der Waals surface area contributed by atoms with E-state index in [9.17, 15) is 12.8 Å². The summed E-state index contributed by atoms with van der Waals surface area (Å²) in [6, 6.07) is 5.09. The highest BCUT2D eigenvalue weighted by atomic mass is 32.2. The Bertz CT molecular complexity index is 641. The van der Waals surface area contributed by atoms with Crippen LogP contribution in [-0.4, -0.2) is 50.7 Å². The second kappa shape index (κ2) is 5.88. The maximum Gasteiger partial charge on any atom is 0.243 e. The summed E-state index contributed by atoms with van der Waals surface area (Å²) < 4.78 is 51.0. The molecule has 2 fully saturated rings. The molecule has 0 radical (unpaired) electrons. The van der Waals surface area contributed by atoms with E-state index in [0.717, 1.165) is 12.5 Å². The smallest absolute Gasteiger partial charge is 0.243 e. The normalized spacial score (nSPS) is 25.1. The van der Waals surface area contributed by atoms with Crippen molar-refractivity contribution in [3.8, 4) is 0 Å². The van der Waals surface area contributed by atoms with Crippen molar-refractivity contribution in [1.82, 2.24) is 4.31 Å². The van der Waals surface area contributed by atoms with Gasteiger partial charge in [0.15, 0.2) is 0 Å². The van der Waals surface area contributed by atoms with E-state index >= 15 is 0 Å². The fourth-order valence-electron chi connectivity index (χ4n) is 3.12. The van der Waals surface area contributed by atoms with Gasteiger partial charge in [0, 0.05) is 32.7 Å². The van der Waals surface area contributed by atoms with Crippen LogP contribution in [0.4, 0.5) is 4.39 Å². The summed E-state index contributed by atoms with van der Waals surface area (Å²) in [5, 5.41) is 0. The van der Waals surface area contributed by atoms with Crippen molar-refractivity contribution in [3.63, 3.8) is 0 Å². The first-order chi connectivity index (χ1) is 10.5. The largest absolute Gasteiger partial charge is 0.378 e. The SMILES string of the molecule is CCO[C@@H]1CCOC2(C1)CN(S(=O)(=O)c1cccc(F)c1)C2. The van der Waals surface area contributed by atoms with Gasteiger partial charge < -0.3 is 9.47 Å². The molecule has 122 valence electrons. The van der Waals surface area contributed by atoms with Crippen molar-refractivity contribution in [3.05, 3.63) is 30.1 Å². The molecule has 2 aliphatic rings. The summed E-state index contributed by atoms with van der Waals surface area (Å²) in [7, 11) is -3.66. The highest BCUT2D eigenvalue weighted by Crippen LogP contribution is 2.38. The first kappa shape index (κ1) is 15.9. The lowest BCUT2D eigenvalue weighted by atomic mass is 9.86. The van der Waals surface area contributed by atoms with Gasteiger partial charge in [0.2, 0.25) is 10.0 Å². The molecule has 1 spiro atoms. The van der Waals surface area contributed by atoms with Crippen LogP contribution in [0.25, 0.3) is 0 Å². The minimum absolute atomic E-state index is 0.0143. The summed E-state index contributed by atoms with van der Waals surface area (Å²) in [6.45, 7) is 3.78. The highest BCUT2D eigenvalue weighted by molar-refractivity contribution is 7.89. The molecule has 0 aliphatic carbocycles. The topological polar surface area (TPSA) is 55.8 Å². The number of halogens is 1. The first-order valence-corrected chi connectivity index (χ1v) is 8.90. The molecule has 22 heavy (non-hydrogen) atoms. The minimum atomic E-state index is -3.66. The standard InChI is InChI=1S/C15H20FNO4S/c1-2-20-13-6-7-21-15(9-13)10-17(11-15)22(18,19)14-5-3-4-12(16)8-14/h3-5,8,13H,2,6-7,9-11H2,1H3/t13-/m1/s1. The van der Waals surface area contributed by atoms with Crippen LogP contribution >= 0.6 is 0 Å². The quantitative estimate of drug-likeness (QED) is 0.845. The monoisotopic (exact) mass is 329 g/mol. The third-order valence-corrected chi connectivity index (χ3v) is 6.00. The van der Waals surface area contributed by atoms with Gasteiger partial charge in [-0.2, -0.15) is 4.31 Å². The Morgan fingerprint density at radius 2 is 2.23 bits per heavy atom. The molecule has 2 heterocycles. The highest BCUT2D eigenvalue weighted by Gasteiger charge is 2.52. The Morgan fingerprint density at radius 1 is 1.45 bits per heavy atom. The third kappa shape index (κ3) is 2.90. The van der Waals surface area contributed by atoms with Crippen LogP contribution in [-0.2, 0) is 19.5 Å². The summed E-state index contributed by atoms with van der Waals surface area (Å²) in [5.41, 5.74) is -0.446. The molecule has 2 aliphatic heterocycles. The minimum Gasteiger partial charge on any atom is -0.378 e. The zero-order valence-electron chi connectivity index (χ0n) is 12.5. The number of nitrogens with zero attached hydrogens (tertiary/aromatic N) is 1.